The Morgan fingerprint density at radius 1 is 1.53 bits per heavy atom. The van der Waals surface area contributed by atoms with Crippen LogP contribution in [0.5, 0.6) is 0 Å². The lowest BCUT2D eigenvalue weighted by molar-refractivity contribution is 0.0594. The molecule has 2 heterocycles. The van der Waals surface area contributed by atoms with Gasteiger partial charge >= 0.3 is 5.97 Å². The van der Waals surface area contributed by atoms with Crippen molar-refractivity contribution in [2.45, 2.75) is 0 Å². The van der Waals surface area contributed by atoms with Gasteiger partial charge in [-0.3, -0.25) is 0 Å². The van der Waals surface area contributed by atoms with Crippen LogP contribution in [0.15, 0.2) is 31.0 Å². The van der Waals surface area contributed by atoms with Gasteiger partial charge in [-0.1, -0.05) is 0 Å². The van der Waals surface area contributed by atoms with Gasteiger partial charge in [-0.15, -0.1) is 0 Å². The molecule has 0 atom stereocenters. The van der Waals surface area contributed by atoms with Crippen molar-refractivity contribution in [3.05, 3.63) is 36.7 Å². The molecule has 0 aliphatic heterocycles. The van der Waals surface area contributed by atoms with Crippen molar-refractivity contribution < 1.29 is 9.53 Å². The van der Waals surface area contributed by atoms with Gasteiger partial charge in [0.2, 0.25) is 0 Å². The molecule has 0 spiro atoms. The van der Waals surface area contributed by atoms with E-state index in [9.17, 15) is 4.79 Å². The third-order valence-corrected chi connectivity index (χ3v) is 1.82. The number of aromatic nitrogens is 4. The summed E-state index contributed by atoms with van der Waals surface area (Å²) in [6.45, 7) is 0. The van der Waals surface area contributed by atoms with E-state index in [2.05, 4.69) is 19.8 Å². The topological polar surface area (TPSA) is 69.9 Å². The van der Waals surface area contributed by atoms with Gasteiger partial charge in [-0.05, 0) is 12.1 Å². The first-order chi connectivity index (χ1) is 7.31. The maximum Gasteiger partial charge on any atom is 0.356 e. The van der Waals surface area contributed by atoms with Crippen LogP contribution in [-0.2, 0) is 4.74 Å². The Bertz CT molecular complexity index is 467. The lowest BCUT2D eigenvalue weighted by Crippen LogP contribution is -2.05. The first kappa shape index (κ1) is 9.32. The van der Waals surface area contributed by atoms with E-state index in [0.717, 1.165) is 0 Å². The Morgan fingerprint density at radius 2 is 2.40 bits per heavy atom. The van der Waals surface area contributed by atoms with E-state index in [1.807, 2.05) is 0 Å². The number of pyridine rings is 1. The molecule has 0 fully saturated rings. The average molecular weight is 204 g/mol. The van der Waals surface area contributed by atoms with Crippen molar-refractivity contribution in [3.63, 3.8) is 0 Å². The van der Waals surface area contributed by atoms with Crippen LogP contribution in [0.2, 0.25) is 0 Å². The normalized spacial score (nSPS) is 9.93. The van der Waals surface area contributed by atoms with Crippen molar-refractivity contribution in [2.24, 2.45) is 0 Å². The lowest BCUT2D eigenvalue weighted by Gasteiger charge is -2.01. The third kappa shape index (κ3) is 1.83. The molecule has 0 unspecified atom stereocenters. The number of methoxy groups -OCH3 is 1. The number of carbonyl (C=O) groups is 1. The molecule has 2 aromatic heterocycles. The van der Waals surface area contributed by atoms with Crippen LogP contribution in [-0.4, -0.2) is 32.8 Å². The van der Waals surface area contributed by atoms with E-state index in [-0.39, 0.29) is 5.69 Å². The third-order valence-electron chi connectivity index (χ3n) is 1.82. The second-order valence-electron chi connectivity index (χ2n) is 2.73. The minimum absolute atomic E-state index is 0.241. The van der Waals surface area contributed by atoms with E-state index >= 15 is 0 Å². The zero-order valence-electron chi connectivity index (χ0n) is 7.99. The van der Waals surface area contributed by atoms with Gasteiger partial charge < -0.3 is 4.74 Å². The van der Waals surface area contributed by atoms with Crippen LogP contribution in [0.4, 0.5) is 0 Å². The molecule has 0 saturated heterocycles. The standard InChI is InChI=1S/C9H8N4O2/c1-15-9(14)8-4-7(2-3-11-8)13-6-10-5-12-13/h2-6H,1H3. The average Bonchev–Trinajstić information content (AvgIpc) is 2.82. The van der Waals surface area contributed by atoms with Crippen LogP contribution in [0.3, 0.4) is 0 Å². The minimum atomic E-state index is -0.475. The Balaban J connectivity index is 2.39. The molecule has 2 aromatic rings. The molecule has 0 bridgehead atoms. The van der Waals surface area contributed by atoms with Crippen LogP contribution < -0.4 is 0 Å². The molecule has 0 aromatic carbocycles. The largest absolute Gasteiger partial charge is 0.464 e. The van der Waals surface area contributed by atoms with Crippen molar-refractivity contribution >= 4 is 5.97 Å². The summed E-state index contributed by atoms with van der Waals surface area (Å²) < 4.78 is 6.10. The number of nitrogens with zero attached hydrogens (tertiary/aromatic N) is 4. The first-order valence-corrected chi connectivity index (χ1v) is 4.20. The zero-order chi connectivity index (χ0) is 10.7. The van der Waals surface area contributed by atoms with Gasteiger partial charge in [-0.25, -0.2) is 19.4 Å². The molecule has 0 radical (unpaired) electrons. The van der Waals surface area contributed by atoms with Gasteiger partial charge in [0.15, 0.2) is 0 Å². The van der Waals surface area contributed by atoms with Crippen molar-refractivity contribution in [1.82, 2.24) is 19.7 Å². The summed E-state index contributed by atoms with van der Waals surface area (Å²) in [7, 11) is 1.31. The Kier molecular flexibility index (Phi) is 2.40. The van der Waals surface area contributed by atoms with Crippen LogP contribution in [0.1, 0.15) is 10.5 Å². The molecule has 0 saturated carbocycles. The molecular formula is C9H8N4O2. The molecule has 0 aliphatic carbocycles. The Hall–Kier alpha value is -2.24. The van der Waals surface area contributed by atoms with Crippen LogP contribution in [0.25, 0.3) is 5.69 Å². The first-order valence-electron chi connectivity index (χ1n) is 4.20. The molecule has 6 heteroatoms. The summed E-state index contributed by atoms with van der Waals surface area (Å²) in [5, 5.41) is 3.94. The van der Waals surface area contributed by atoms with E-state index in [0.29, 0.717) is 5.69 Å². The van der Waals surface area contributed by atoms with E-state index in [1.165, 1.54) is 30.6 Å². The maximum absolute atomic E-state index is 11.2. The summed E-state index contributed by atoms with van der Waals surface area (Å²) in [4.78, 5) is 18.9. The van der Waals surface area contributed by atoms with Crippen molar-refractivity contribution in [3.8, 4) is 5.69 Å². The zero-order valence-corrected chi connectivity index (χ0v) is 7.99. The highest BCUT2D eigenvalue weighted by atomic mass is 16.5. The van der Waals surface area contributed by atoms with Gasteiger partial charge in [0.25, 0.3) is 0 Å². The molecule has 6 nitrogen and oxygen atoms in total. The number of carbonyl (C=O) groups excluding carboxylic acids is 1. The lowest BCUT2D eigenvalue weighted by atomic mass is 10.3. The smallest absolute Gasteiger partial charge is 0.356 e. The fourth-order valence-electron chi connectivity index (χ4n) is 1.12. The predicted octanol–water partition coefficient (Wildman–Crippen LogP) is 0.449. The van der Waals surface area contributed by atoms with E-state index in [4.69, 9.17) is 0 Å². The number of ether oxygens (including phenoxy) is 1. The number of hydrogen-bond donors (Lipinski definition) is 0. The SMILES string of the molecule is COC(=O)c1cc(-n2cncn2)ccn1. The Morgan fingerprint density at radius 3 is 3.07 bits per heavy atom. The predicted molar refractivity (Wildman–Crippen MR) is 50.5 cm³/mol. The quantitative estimate of drug-likeness (QED) is 0.664. The van der Waals surface area contributed by atoms with Crippen LogP contribution in [0, 0.1) is 0 Å². The Labute approximate surface area is 85.5 Å². The van der Waals surface area contributed by atoms with E-state index < -0.39 is 5.97 Å². The van der Waals surface area contributed by atoms with Crippen molar-refractivity contribution in [1.29, 1.82) is 0 Å². The summed E-state index contributed by atoms with van der Waals surface area (Å²) in [5.74, 6) is -0.475. The number of rotatable bonds is 2. The highest BCUT2D eigenvalue weighted by Crippen LogP contribution is 2.06. The second-order valence-corrected chi connectivity index (χ2v) is 2.73. The van der Waals surface area contributed by atoms with Gasteiger partial charge in [0.05, 0.1) is 12.8 Å². The van der Waals surface area contributed by atoms with Gasteiger partial charge in [0, 0.05) is 6.20 Å². The molecule has 0 amide bonds. The monoisotopic (exact) mass is 204 g/mol. The van der Waals surface area contributed by atoms with Gasteiger partial charge in [0.1, 0.15) is 18.3 Å². The molecule has 0 aliphatic rings. The second kappa shape index (κ2) is 3.87. The highest BCUT2D eigenvalue weighted by Gasteiger charge is 2.08. The molecule has 0 N–H and O–H groups in total. The summed E-state index contributed by atoms with van der Waals surface area (Å²) in [6, 6.07) is 3.31. The molecule has 76 valence electrons. The van der Waals surface area contributed by atoms with E-state index in [1.54, 1.807) is 12.1 Å². The number of hydrogen-bond acceptors (Lipinski definition) is 5. The van der Waals surface area contributed by atoms with Crippen LogP contribution >= 0.6 is 0 Å². The highest BCUT2D eigenvalue weighted by molar-refractivity contribution is 5.87. The summed E-state index contributed by atoms with van der Waals surface area (Å²) >= 11 is 0. The van der Waals surface area contributed by atoms with Gasteiger partial charge in [-0.2, -0.15) is 5.10 Å². The minimum Gasteiger partial charge on any atom is -0.464 e. The summed E-state index contributed by atoms with van der Waals surface area (Å²) in [6.07, 6.45) is 4.47. The van der Waals surface area contributed by atoms with Crippen molar-refractivity contribution in [2.75, 3.05) is 7.11 Å². The fraction of sp³-hybridized carbons (Fsp3) is 0.111. The summed E-state index contributed by atoms with van der Waals surface area (Å²) in [5.41, 5.74) is 0.952. The molecular weight excluding hydrogens is 196 g/mol. The molecule has 2 rings (SSSR count). The molecule has 15 heavy (non-hydrogen) atoms. The maximum atomic E-state index is 11.2. The number of esters is 1. The fourth-order valence-corrected chi connectivity index (χ4v) is 1.12.